The molecule has 0 aromatic heterocycles. The third-order valence-electron chi connectivity index (χ3n) is 4.41. The summed E-state index contributed by atoms with van der Waals surface area (Å²) in [6, 6.07) is 10.6. The van der Waals surface area contributed by atoms with Crippen molar-refractivity contribution in [3.05, 3.63) is 63.4 Å². The maximum atomic E-state index is 13.0. The van der Waals surface area contributed by atoms with Gasteiger partial charge in [0, 0.05) is 43.6 Å². The van der Waals surface area contributed by atoms with Crippen molar-refractivity contribution in [1.82, 2.24) is 4.90 Å². The monoisotopic (exact) mass is 392 g/mol. The summed E-state index contributed by atoms with van der Waals surface area (Å²) in [6.45, 7) is 2.46. The summed E-state index contributed by atoms with van der Waals surface area (Å²) in [6.07, 6.45) is 0. The Morgan fingerprint density at radius 1 is 1.15 bits per heavy atom. The highest BCUT2D eigenvalue weighted by molar-refractivity contribution is 6.32. The van der Waals surface area contributed by atoms with Gasteiger partial charge in [-0.25, -0.2) is 4.39 Å². The van der Waals surface area contributed by atoms with E-state index in [-0.39, 0.29) is 29.0 Å². The maximum absolute atomic E-state index is 13.0. The van der Waals surface area contributed by atoms with Gasteiger partial charge in [0.15, 0.2) is 0 Å². The van der Waals surface area contributed by atoms with Gasteiger partial charge in [-0.05, 0) is 36.4 Å². The summed E-state index contributed by atoms with van der Waals surface area (Å²) in [5.74, 6) is -0.368. The smallest absolute Gasteiger partial charge is 0.289 e. The van der Waals surface area contributed by atoms with Crippen LogP contribution in [0.25, 0.3) is 0 Å². The zero-order chi connectivity index (χ0) is 19.4. The predicted octanol–water partition coefficient (Wildman–Crippen LogP) is 3.15. The molecule has 0 bridgehead atoms. The average Bonchev–Trinajstić information content (AvgIpc) is 2.67. The summed E-state index contributed by atoms with van der Waals surface area (Å²) >= 11 is 5.78. The van der Waals surface area contributed by atoms with Crippen LogP contribution in [-0.2, 0) is 4.79 Å². The minimum atomic E-state index is -0.565. The molecule has 2 aromatic rings. The fourth-order valence-corrected chi connectivity index (χ4v) is 3.10. The Balaban J connectivity index is 1.52. The highest BCUT2D eigenvalue weighted by Crippen LogP contribution is 2.27. The van der Waals surface area contributed by atoms with Gasteiger partial charge >= 0.3 is 0 Å². The number of nitro benzene ring substituents is 1. The van der Waals surface area contributed by atoms with E-state index in [4.69, 9.17) is 11.6 Å². The number of amides is 1. The van der Waals surface area contributed by atoms with Gasteiger partial charge in [0.05, 0.1) is 11.5 Å². The van der Waals surface area contributed by atoms with E-state index in [9.17, 15) is 19.3 Å². The summed E-state index contributed by atoms with van der Waals surface area (Å²) in [4.78, 5) is 26.6. The Labute approximate surface area is 160 Å². The number of hydrogen-bond donors (Lipinski definition) is 1. The molecule has 3 rings (SSSR count). The van der Waals surface area contributed by atoms with Crippen LogP contribution in [-0.4, -0.2) is 48.5 Å². The minimum absolute atomic E-state index is 0.0370. The second-order valence-electron chi connectivity index (χ2n) is 6.12. The molecule has 0 unspecified atom stereocenters. The van der Waals surface area contributed by atoms with Gasteiger partial charge in [0.25, 0.3) is 5.69 Å². The first kappa shape index (κ1) is 18.9. The number of halogens is 2. The van der Waals surface area contributed by atoms with Gasteiger partial charge in [0.2, 0.25) is 5.91 Å². The molecule has 2 aromatic carbocycles. The van der Waals surface area contributed by atoms with Crippen molar-refractivity contribution in [2.24, 2.45) is 0 Å². The van der Waals surface area contributed by atoms with E-state index in [0.29, 0.717) is 31.9 Å². The number of hydrogen-bond acceptors (Lipinski definition) is 5. The van der Waals surface area contributed by atoms with Crippen LogP contribution >= 0.6 is 11.6 Å². The van der Waals surface area contributed by atoms with Crippen LogP contribution < -0.4 is 10.2 Å². The van der Waals surface area contributed by atoms with Crippen LogP contribution in [0.2, 0.25) is 5.02 Å². The lowest BCUT2D eigenvalue weighted by atomic mass is 10.2. The van der Waals surface area contributed by atoms with Gasteiger partial charge < -0.3 is 15.1 Å². The molecule has 9 heteroatoms. The van der Waals surface area contributed by atoms with Crippen LogP contribution in [0.5, 0.6) is 0 Å². The van der Waals surface area contributed by atoms with Gasteiger partial charge in [-0.2, -0.15) is 0 Å². The van der Waals surface area contributed by atoms with Gasteiger partial charge in [-0.1, -0.05) is 11.6 Å². The molecule has 7 nitrogen and oxygen atoms in total. The lowest BCUT2D eigenvalue weighted by Gasteiger charge is -2.36. The lowest BCUT2D eigenvalue weighted by Crippen LogP contribution is -2.50. The second kappa shape index (κ2) is 8.22. The van der Waals surface area contributed by atoms with E-state index in [1.807, 2.05) is 0 Å². The van der Waals surface area contributed by atoms with Crippen LogP contribution in [0.1, 0.15) is 0 Å². The van der Waals surface area contributed by atoms with Crippen LogP contribution in [0, 0.1) is 15.9 Å². The average molecular weight is 393 g/mol. The quantitative estimate of drug-likeness (QED) is 0.624. The summed E-state index contributed by atoms with van der Waals surface area (Å²) in [5, 5.41) is 13.9. The number of carbonyl (C=O) groups excluding carboxylic acids is 1. The highest BCUT2D eigenvalue weighted by Gasteiger charge is 2.21. The first-order valence-electron chi connectivity index (χ1n) is 8.40. The Morgan fingerprint density at radius 2 is 1.81 bits per heavy atom. The topological polar surface area (TPSA) is 78.7 Å². The van der Waals surface area contributed by atoms with E-state index in [0.717, 1.165) is 5.69 Å². The van der Waals surface area contributed by atoms with Crippen molar-refractivity contribution in [3.8, 4) is 0 Å². The van der Waals surface area contributed by atoms with Crippen LogP contribution in [0.4, 0.5) is 21.5 Å². The molecule has 0 atom stereocenters. The van der Waals surface area contributed by atoms with E-state index in [1.165, 1.54) is 24.3 Å². The molecule has 27 heavy (non-hydrogen) atoms. The molecule has 1 aliphatic rings. The number of anilines is 2. The third-order valence-corrected chi connectivity index (χ3v) is 4.73. The Morgan fingerprint density at radius 3 is 2.44 bits per heavy atom. The Hall–Kier alpha value is -2.87. The molecule has 1 aliphatic heterocycles. The van der Waals surface area contributed by atoms with Crippen molar-refractivity contribution in [3.63, 3.8) is 0 Å². The fraction of sp³-hybridized carbons (Fsp3) is 0.278. The van der Waals surface area contributed by atoms with E-state index < -0.39 is 4.92 Å². The van der Waals surface area contributed by atoms with Crippen LogP contribution in [0.15, 0.2) is 42.5 Å². The number of piperazine rings is 1. The largest absolute Gasteiger partial charge is 0.376 e. The normalized spacial score (nSPS) is 14.1. The Kier molecular flexibility index (Phi) is 5.75. The van der Waals surface area contributed by atoms with Gasteiger partial charge in [-0.15, -0.1) is 0 Å². The number of rotatable bonds is 5. The first-order valence-corrected chi connectivity index (χ1v) is 8.78. The molecule has 1 N–H and O–H groups in total. The highest BCUT2D eigenvalue weighted by atomic mass is 35.5. The lowest BCUT2D eigenvalue weighted by molar-refractivity contribution is -0.384. The molecule has 0 saturated carbocycles. The van der Waals surface area contributed by atoms with Crippen LogP contribution in [0.3, 0.4) is 0 Å². The molecular weight excluding hydrogens is 375 g/mol. The molecule has 1 fully saturated rings. The molecule has 1 saturated heterocycles. The summed E-state index contributed by atoms with van der Waals surface area (Å²) < 4.78 is 13.0. The summed E-state index contributed by atoms with van der Waals surface area (Å²) in [7, 11) is 0. The third kappa shape index (κ3) is 4.65. The zero-order valence-electron chi connectivity index (χ0n) is 14.4. The molecule has 142 valence electrons. The molecule has 1 amide bonds. The predicted molar refractivity (Wildman–Crippen MR) is 102 cm³/mol. The molecule has 0 radical (unpaired) electrons. The fourth-order valence-electron chi connectivity index (χ4n) is 2.92. The number of nitrogens with zero attached hydrogens (tertiary/aromatic N) is 3. The number of carbonyl (C=O) groups is 1. The molecular formula is C18H18ClFN4O3. The molecule has 0 aliphatic carbocycles. The Bertz CT molecular complexity index is 839. The second-order valence-corrected chi connectivity index (χ2v) is 6.53. The van der Waals surface area contributed by atoms with Crippen molar-refractivity contribution >= 4 is 34.6 Å². The van der Waals surface area contributed by atoms with Crippen molar-refractivity contribution in [2.45, 2.75) is 0 Å². The van der Waals surface area contributed by atoms with E-state index >= 15 is 0 Å². The molecule has 1 heterocycles. The number of benzene rings is 2. The van der Waals surface area contributed by atoms with Crippen molar-refractivity contribution in [2.75, 3.05) is 42.9 Å². The number of nitro groups is 1. The zero-order valence-corrected chi connectivity index (χ0v) is 15.2. The van der Waals surface area contributed by atoms with Crippen molar-refractivity contribution < 1.29 is 14.1 Å². The number of nitrogens with one attached hydrogen (secondary N) is 1. The minimum Gasteiger partial charge on any atom is -0.376 e. The SMILES string of the molecule is O=C(CNc1ccc(Cl)c([N+](=O)[O-])c1)N1CCN(c2ccc(F)cc2)CC1. The van der Waals surface area contributed by atoms with Crippen molar-refractivity contribution in [1.29, 1.82) is 0 Å². The van der Waals surface area contributed by atoms with E-state index in [1.54, 1.807) is 23.1 Å². The maximum Gasteiger partial charge on any atom is 0.289 e. The molecule has 0 spiro atoms. The first-order chi connectivity index (χ1) is 12.9. The van der Waals surface area contributed by atoms with Gasteiger partial charge in [0.1, 0.15) is 10.8 Å². The van der Waals surface area contributed by atoms with Gasteiger partial charge in [-0.3, -0.25) is 14.9 Å². The van der Waals surface area contributed by atoms with E-state index in [2.05, 4.69) is 10.2 Å². The summed E-state index contributed by atoms with van der Waals surface area (Å²) in [5.41, 5.74) is 1.18. The standard InChI is InChI=1S/C18H18ClFN4O3/c19-16-6-3-14(11-17(16)24(26)27)21-12-18(25)23-9-7-22(8-10-23)15-4-1-13(20)2-5-15/h1-6,11,21H,7-10,12H2.